The predicted octanol–water partition coefficient (Wildman–Crippen LogP) is 4.35. The summed E-state index contributed by atoms with van der Waals surface area (Å²) in [6, 6.07) is 16.6. The van der Waals surface area contributed by atoms with E-state index in [1.165, 1.54) is 49.4 Å². The molecular weight excluding hydrogens is 675 g/mol. The topological polar surface area (TPSA) is 134 Å². The molecule has 1 atom stereocenters. The number of ether oxygens (including phenoxy) is 1. The zero-order valence-electron chi connectivity index (χ0n) is 27.8. The number of hydrogen-bond donors (Lipinski definition) is 0. The minimum absolute atomic E-state index is 0.0373. The molecule has 262 valence electrons. The van der Waals surface area contributed by atoms with Crippen LogP contribution in [0.3, 0.4) is 0 Å². The van der Waals surface area contributed by atoms with Gasteiger partial charge in [0.05, 0.1) is 34.8 Å². The van der Waals surface area contributed by atoms with Gasteiger partial charge in [-0.1, -0.05) is 34.4 Å². The Morgan fingerprint density at radius 2 is 1.68 bits per heavy atom. The minimum atomic E-state index is -4.74. The van der Waals surface area contributed by atoms with Crippen molar-refractivity contribution >= 4 is 27.6 Å². The number of nitrogens with zero attached hydrogens (tertiary/aromatic N) is 7. The molecule has 0 spiro atoms. The monoisotopic (exact) mass is 709 g/mol. The summed E-state index contributed by atoms with van der Waals surface area (Å²) in [7, 11) is 2.28. The predicted molar refractivity (Wildman–Crippen MR) is 178 cm³/mol. The van der Waals surface area contributed by atoms with Crippen LogP contribution in [0, 0.1) is 11.3 Å². The van der Waals surface area contributed by atoms with E-state index < -0.39 is 39.5 Å². The summed E-state index contributed by atoms with van der Waals surface area (Å²) < 4.78 is 75.8. The van der Waals surface area contributed by atoms with Crippen LogP contribution in [0.2, 0.25) is 0 Å². The first kappa shape index (κ1) is 36.1. The summed E-state index contributed by atoms with van der Waals surface area (Å²) in [4.78, 5) is 32.7. The molecule has 0 radical (unpaired) electrons. The van der Waals surface area contributed by atoms with E-state index in [-0.39, 0.29) is 43.0 Å². The lowest BCUT2D eigenvalue weighted by Crippen LogP contribution is -2.39. The molecule has 0 aliphatic carbocycles. The number of halogens is 3. The number of benzene rings is 3. The molecule has 0 saturated carbocycles. The van der Waals surface area contributed by atoms with Crippen molar-refractivity contribution in [1.82, 2.24) is 23.6 Å². The summed E-state index contributed by atoms with van der Waals surface area (Å²) in [5.41, 5.74) is -1.10. The summed E-state index contributed by atoms with van der Waals surface area (Å²) >= 11 is 0. The van der Waals surface area contributed by atoms with E-state index in [0.717, 1.165) is 53.4 Å². The number of rotatable bonds is 10. The van der Waals surface area contributed by atoms with Gasteiger partial charge in [-0.15, -0.1) is 5.10 Å². The first-order valence-corrected chi connectivity index (χ1v) is 16.7. The standard InChI is InChI=1S/C34H34F3N7O5S/c1-22-29(31(45)49-5)30(25-13-9-23(20-38)10-14-25)43-32(42(22)27-8-6-7-26(19-27)34(35,36)37)39-44(33(43)46)50(47,48)28-15-11-24(12-16-28)21-41(4)18-17-40(2)3/h6-16,19,30H,17-18,21H2,1-5H3. The third-order valence-corrected chi connectivity index (χ3v) is 9.81. The van der Waals surface area contributed by atoms with Gasteiger partial charge in [-0.05, 0) is 81.7 Å². The van der Waals surface area contributed by atoms with Gasteiger partial charge in [0.15, 0.2) is 0 Å². The van der Waals surface area contributed by atoms with Crippen LogP contribution in [-0.2, 0) is 32.3 Å². The zero-order valence-corrected chi connectivity index (χ0v) is 28.7. The Morgan fingerprint density at radius 1 is 1.02 bits per heavy atom. The molecular formula is C34H34F3N7O5S. The van der Waals surface area contributed by atoms with Crippen molar-refractivity contribution in [3.05, 3.63) is 117 Å². The van der Waals surface area contributed by atoms with E-state index in [2.05, 4.69) is 10.00 Å². The maximum atomic E-state index is 14.3. The molecule has 1 aliphatic rings. The Bertz CT molecular complexity index is 2150. The van der Waals surface area contributed by atoms with E-state index >= 15 is 0 Å². The summed E-state index contributed by atoms with van der Waals surface area (Å²) in [6.07, 6.45) is -4.74. The van der Waals surface area contributed by atoms with E-state index in [9.17, 15) is 36.4 Å². The Labute approximate surface area is 286 Å². The summed E-state index contributed by atoms with van der Waals surface area (Å²) in [6.45, 7) is 3.56. The molecule has 0 saturated heterocycles. The van der Waals surface area contributed by atoms with Gasteiger partial charge in [-0.3, -0.25) is 4.90 Å². The van der Waals surface area contributed by atoms with Gasteiger partial charge in [0, 0.05) is 31.0 Å². The second-order valence-corrected chi connectivity index (χ2v) is 13.8. The molecule has 0 amide bonds. The van der Waals surface area contributed by atoms with Crippen molar-refractivity contribution in [2.75, 3.05) is 46.2 Å². The number of anilines is 2. The Balaban J connectivity index is 1.70. The van der Waals surface area contributed by atoms with Gasteiger partial charge in [0.2, 0.25) is 5.95 Å². The number of nitriles is 1. The molecule has 2 heterocycles. The lowest BCUT2D eigenvalue weighted by Gasteiger charge is -2.35. The number of fused-ring (bicyclic) bond motifs is 1. The van der Waals surface area contributed by atoms with E-state index in [1.54, 1.807) is 12.1 Å². The van der Waals surface area contributed by atoms with Crippen LogP contribution in [0.15, 0.2) is 93.8 Å². The molecule has 4 aromatic rings. The van der Waals surface area contributed by atoms with Crippen LogP contribution < -0.4 is 10.6 Å². The highest BCUT2D eigenvalue weighted by Crippen LogP contribution is 2.43. The van der Waals surface area contributed by atoms with Crippen LogP contribution in [0.25, 0.3) is 0 Å². The molecule has 12 nitrogen and oxygen atoms in total. The number of likely N-dealkylation sites (N-methyl/N-ethyl adjacent to an activating group) is 2. The third kappa shape index (κ3) is 6.93. The molecule has 1 unspecified atom stereocenters. The van der Waals surface area contributed by atoms with E-state index in [1.807, 2.05) is 32.1 Å². The van der Waals surface area contributed by atoms with Crippen LogP contribution in [0.1, 0.15) is 35.2 Å². The lowest BCUT2D eigenvalue weighted by atomic mass is 9.94. The largest absolute Gasteiger partial charge is 0.466 e. The molecule has 16 heteroatoms. The van der Waals surface area contributed by atoms with Crippen LogP contribution >= 0.6 is 0 Å². The molecule has 0 bridgehead atoms. The van der Waals surface area contributed by atoms with Gasteiger partial charge >= 0.3 is 17.8 Å². The van der Waals surface area contributed by atoms with Gasteiger partial charge in [0.25, 0.3) is 10.0 Å². The van der Waals surface area contributed by atoms with Crippen molar-refractivity contribution in [3.63, 3.8) is 0 Å². The van der Waals surface area contributed by atoms with E-state index in [4.69, 9.17) is 4.74 Å². The molecule has 0 fully saturated rings. The second-order valence-electron chi connectivity index (χ2n) is 12.0. The molecule has 50 heavy (non-hydrogen) atoms. The number of carbonyl (C=O) groups is 1. The highest BCUT2D eigenvalue weighted by molar-refractivity contribution is 7.89. The molecule has 1 aromatic heterocycles. The Kier molecular flexibility index (Phi) is 10.1. The number of esters is 1. The zero-order chi connectivity index (χ0) is 36.5. The molecule has 1 aliphatic heterocycles. The van der Waals surface area contributed by atoms with Gasteiger partial charge in [-0.2, -0.15) is 26.9 Å². The first-order valence-electron chi connectivity index (χ1n) is 15.2. The number of aromatic nitrogens is 3. The van der Waals surface area contributed by atoms with Gasteiger partial charge < -0.3 is 14.5 Å². The van der Waals surface area contributed by atoms with Crippen molar-refractivity contribution in [1.29, 1.82) is 5.26 Å². The lowest BCUT2D eigenvalue weighted by molar-refractivity contribution is -0.138. The first-order chi connectivity index (χ1) is 23.6. The number of alkyl halides is 3. The van der Waals surface area contributed by atoms with Gasteiger partial charge in [0.1, 0.15) is 6.04 Å². The second kappa shape index (κ2) is 13.9. The smallest absolute Gasteiger partial charge is 0.416 e. The van der Waals surface area contributed by atoms with Crippen molar-refractivity contribution < 1.29 is 31.1 Å². The van der Waals surface area contributed by atoms with Crippen molar-refractivity contribution in [3.8, 4) is 6.07 Å². The number of carbonyl (C=O) groups excluding carboxylic acids is 1. The molecule has 0 N–H and O–H groups in total. The fourth-order valence-electron chi connectivity index (χ4n) is 5.67. The summed E-state index contributed by atoms with van der Waals surface area (Å²) in [5.74, 6) is -1.29. The maximum Gasteiger partial charge on any atom is 0.416 e. The highest BCUT2D eigenvalue weighted by Gasteiger charge is 2.42. The number of hydrogen-bond acceptors (Lipinski definition) is 10. The molecule has 5 rings (SSSR count). The fourth-order valence-corrected chi connectivity index (χ4v) is 6.82. The van der Waals surface area contributed by atoms with Gasteiger partial charge in [-0.25, -0.2) is 14.2 Å². The maximum absolute atomic E-state index is 14.3. The summed E-state index contributed by atoms with van der Waals surface area (Å²) in [5, 5.41) is 13.6. The Morgan fingerprint density at radius 3 is 2.26 bits per heavy atom. The quantitative estimate of drug-likeness (QED) is 0.219. The highest BCUT2D eigenvalue weighted by atomic mass is 32.2. The number of methoxy groups -OCH3 is 1. The SMILES string of the molecule is COC(=O)C1=C(C)N(c2cccc(C(F)(F)F)c2)c2nn(S(=O)(=O)c3ccc(CN(C)CCN(C)C)cc3)c(=O)n2C1c1ccc(C#N)cc1. The van der Waals surface area contributed by atoms with Crippen LogP contribution in [0.4, 0.5) is 24.8 Å². The van der Waals surface area contributed by atoms with Crippen LogP contribution in [-0.4, -0.2) is 79.3 Å². The Hall–Kier alpha value is -5.24. The fraction of sp³-hybridized carbons (Fsp3) is 0.294. The normalized spacial score (nSPS) is 15.0. The van der Waals surface area contributed by atoms with E-state index in [0.29, 0.717) is 6.54 Å². The minimum Gasteiger partial charge on any atom is -0.466 e. The average Bonchev–Trinajstić information content (AvgIpc) is 3.43. The average molecular weight is 710 g/mol. The molecule has 3 aromatic carbocycles. The number of allylic oxidation sites excluding steroid dienone is 1. The van der Waals surface area contributed by atoms with Crippen LogP contribution in [0.5, 0.6) is 0 Å². The van der Waals surface area contributed by atoms with Crippen molar-refractivity contribution in [2.24, 2.45) is 0 Å². The third-order valence-electron chi connectivity index (χ3n) is 8.25. The van der Waals surface area contributed by atoms with Crippen molar-refractivity contribution in [2.45, 2.75) is 30.6 Å².